The summed E-state index contributed by atoms with van der Waals surface area (Å²) in [5.74, 6) is 0. The number of aliphatic hydroxyl groups is 1. The second-order valence-corrected chi connectivity index (χ2v) is 2.73. The fourth-order valence-corrected chi connectivity index (χ4v) is 0.877. The Morgan fingerprint density at radius 2 is 2.08 bits per heavy atom. The van der Waals surface area contributed by atoms with Gasteiger partial charge in [0.05, 0.1) is 0 Å². The molecule has 0 aliphatic heterocycles. The molecule has 0 fully saturated rings. The lowest BCUT2D eigenvalue weighted by molar-refractivity contribution is -0.532. The van der Waals surface area contributed by atoms with Crippen LogP contribution in [0.25, 0.3) is 0 Å². The molecule has 4 heteroatoms. The first kappa shape index (κ1) is 11.4. The number of hydrogen-bond acceptors (Lipinski definition) is 3. The maximum Gasteiger partial charge on any atom is 0.203 e. The van der Waals surface area contributed by atoms with Crippen molar-refractivity contribution in [1.29, 1.82) is 0 Å². The third-order valence-corrected chi connectivity index (χ3v) is 1.56. The van der Waals surface area contributed by atoms with Gasteiger partial charge in [-0.25, -0.2) is 0 Å². The van der Waals surface area contributed by atoms with Gasteiger partial charge < -0.3 is 10.3 Å². The highest BCUT2D eigenvalue weighted by Gasteiger charge is 1.92. The molecular formula is C8H18N2O2. The average molecular weight is 174 g/mol. The lowest BCUT2D eigenvalue weighted by atomic mass is 10.2. The van der Waals surface area contributed by atoms with Gasteiger partial charge in [-0.3, -0.25) is 0 Å². The van der Waals surface area contributed by atoms with Crippen molar-refractivity contribution >= 4 is 0 Å². The van der Waals surface area contributed by atoms with E-state index in [2.05, 4.69) is 12.0 Å². The van der Waals surface area contributed by atoms with Crippen LogP contribution < -0.4 is 0 Å². The molecule has 0 saturated heterocycles. The SMILES string of the molecule is CCCCCCN=[N+]([O-])CCO. The molecule has 0 atom stereocenters. The quantitative estimate of drug-likeness (QED) is 0.275. The highest BCUT2D eigenvalue weighted by molar-refractivity contribution is 4.41. The zero-order valence-electron chi connectivity index (χ0n) is 7.70. The van der Waals surface area contributed by atoms with Crippen LogP contribution in [0.15, 0.2) is 5.11 Å². The van der Waals surface area contributed by atoms with E-state index >= 15 is 0 Å². The molecule has 0 aromatic carbocycles. The van der Waals surface area contributed by atoms with E-state index in [0.29, 0.717) is 11.4 Å². The number of rotatable bonds is 7. The maximum atomic E-state index is 10.7. The van der Waals surface area contributed by atoms with Crippen molar-refractivity contribution in [3.05, 3.63) is 5.21 Å². The Balaban J connectivity index is 3.21. The molecule has 0 rings (SSSR count). The largest absolute Gasteiger partial charge is 0.600 e. The van der Waals surface area contributed by atoms with Crippen LogP contribution in [0.2, 0.25) is 0 Å². The Morgan fingerprint density at radius 1 is 1.33 bits per heavy atom. The van der Waals surface area contributed by atoms with E-state index < -0.39 is 0 Å². The van der Waals surface area contributed by atoms with Crippen molar-refractivity contribution in [1.82, 2.24) is 0 Å². The topological polar surface area (TPSA) is 58.7 Å². The van der Waals surface area contributed by atoms with Crippen LogP contribution in [0.4, 0.5) is 0 Å². The molecule has 0 aromatic rings. The van der Waals surface area contributed by atoms with Gasteiger partial charge in [0.15, 0.2) is 0 Å². The normalized spacial score (nSPS) is 12.0. The Morgan fingerprint density at radius 3 is 2.67 bits per heavy atom. The van der Waals surface area contributed by atoms with E-state index in [4.69, 9.17) is 5.11 Å². The third-order valence-electron chi connectivity index (χ3n) is 1.56. The zero-order chi connectivity index (χ0) is 9.23. The summed E-state index contributed by atoms with van der Waals surface area (Å²) in [5, 5.41) is 22.7. The van der Waals surface area contributed by atoms with Gasteiger partial charge in [-0.15, -0.1) is 0 Å². The molecule has 4 nitrogen and oxygen atoms in total. The lowest BCUT2D eigenvalue weighted by Gasteiger charge is -1.97. The van der Waals surface area contributed by atoms with Crippen molar-refractivity contribution < 1.29 is 9.97 Å². The molecule has 1 N–H and O–H groups in total. The smallest absolute Gasteiger partial charge is 0.203 e. The van der Waals surface area contributed by atoms with Crippen LogP contribution in [-0.4, -0.2) is 29.7 Å². The van der Waals surface area contributed by atoms with E-state index in [1.54, 1.807) is 0 Å². The predicted molar refractivity (Wildman–Crippen MR) is 47.0 cm³/mol. The summed E-state index contributed by atoms with van der Waals surface area (Å²) in [6.45, 7) is 2.70. The molecule has 0 bridgehead atoms. The summed E-state index contributed by atoms with van der Waals surface area (Å²) in [6, 6.07) is 0. The molecule has 0 aliphatic carbocycles. The number of hydroxylamine groups is 1. The van der Waals surface area contributed by atoms with Crippen LogP contribution in [0, 0.1) is 5.21 Å². The summed E-state index contributed by atoms with van der Waals surface area (Å²) in [7, 11) is 0. The second kappa shape index (κ2) is 8.46. The van der Waals surface area contributed by atoms with Crippen LogP contribution in [0.1, 0.15) is 32.6 Å². The monoisotopic (exact) mass is 174 g/mol. The van der Waals surface area contributed by atoms with E-state index in [9.17, 15) is 5.21 Å². The minimum absolute atomic E-state index is 0.0910. The van der Waals surface area contributed by atoms with Gasteiger partial charge in [-0.05, 0) is 11.5 Å². The lowest BCUT2D eigenvalue weighted by Crippen LogP contribution is -2.07. The van der Waals surface area contributed by atoms with Gasteiger partial charge in [0.2, 0.25) is 6.54 Å². The second-order valence-electron chi connectivity index (χ2n) is 2.73. The van der Waals surface area contributed by atoms with E-state index in [1.165, 1.54) is 12.8 Å². The summed E-state index contributed by atoms with van der Waals surface area (Å²) < 4.78 is 0. The molecule has 0 unspecified atom stereocenters. The van der Waals surface area contributed by atoms with Crippen LogP contribution in [0.5, 0.6) is 0 Å². The number of aliphatic hydroxyl groups excluding tert-OH is 1. The molecular weight excluding hydrogens is 156 g/mol. The Kier molecular flexibility index (Phi) is 8.01. The number of hydrogen-bond donors (Lipinski definition) is 1. The van der Waals surface area contributed by atoms with Gasteiger partial charge in [0.25, 0.3) is 0 Å². The molecule has 0 aliphatic rings. The van der Waals surface area contributed by atoms with Crippen molar-refractivity contribution in [2.75, 3.05) is 19.7 Å². The molecule has 0 amide bonds. The van der Waals surface area contributed by atoms with Gasteiger partial charge in [-0.2, -0.15) is 0 Å². The fourth-order valence-electron chi connectivity index (χ4n) is 0.877. The molecule has 0 heterocycles. The first-order valence-corrected chi connectivity index (χ1v) is 4.54. The number of nitrogens with zero attached hydrogens (tertiary/aromatic N) is 2. The van der Waals surface area contributed by atoms with Crippen LogP contribution >= 0.6 is 0 Å². The summed E-state index contributed by atoms with van der Waals surface area (Å²) >= 11 is 0. The molecule has 0 aromatic heterocycles. The van der Waals surface area contributed by atoms with E-state index in [-0.39, 0.29) is 13.2 Å². The maximum absolute atomic E-state index is 10.7. The average Bonchev–Trinajstić information content (AvgIpc) is 2.05. The molecule has 0 radical (unpaired) electrons. The van der Waals surface area contributed by atoms with E-state index in [1.807, 2.05) is 0 Å². The number of unbranched alkanes of at least 4 members (excludes halogenated alkanes) is 3. The highest BCUT2D eigenvalue weighted by Crippen LogP contribution is 1.98. The Hall–Kier alpha value is -0.640. The van der Waals surface area contributed by atoms with Crippen molar-refractivity contribution in [3.63, 3.8) is 0 Å². The Bertz CT molecular complexity index is 126. The number of azo groups is 1. The van der Waals surface area contributed by atoms with Gasteiger partial charge >= 0.3 is 0 Å². The van der Waals surface area contributed by atoms with Gasteiger partial charge in [-0.1, -0.05) is 31.0 Å². The molecule has 0 saturated carbocycles. The van der Waals surface area contributed by atoms with Crippen molar-refractivity contribution in [2.24, 2.45) is 5.11 Å². The van der Waals surface area contributed by atoms with E-state index in [0.717, 1.165) is 12.8 Å². The zero-order valence-corrected chi connectivity index (χ0v) is 7.70. The van der Waals surface area contributed by atoms with Crippen molar-refractivity contribution in [3.8, 4) is 0 Å². The summed E-state index contributed by atoms with van der Waals surface area (Å²) in [5.41, 5.74) is 0. The predicted octanol–water partition coefficient (Wildman–Crippen LogP) is 1.52. The molecule has 12 heavy (non-hydrogen) atoms. The van der Waals surface area contributed by atoms with Gasteiger partial charge in [0.1, 0.15) is 13.2 Å². The first-order valence-electron chi connectivity index (χ1n) is 4.54. The third kappa shape index (κ3) is 7.47. The van der Waals surface area contributed by atoms with Crippen molar-refractivity contribution in [2.45, 2.75) is 32.6 Å². The van der Waals surface area contributed by atoms with Crippen LogP contribution in [-0.2, 0) is 0 Å². The summed E-state index contributed by atoms with van der Waals surface area (Å²) in [6.07, 6.45) is 4.50. The standard InChI is InChI=1S/C8H18N2O2/c1-2-3-4-5-6-9-10(12)7-8-11/h11H,2-8H2,1H3. The van der Waals surface area contributed by atoms with Gasteiger partial charge in [0, 0.05) is 0 Å². The minimum atomic E-state index is -0.123. The fraction of sp³-hybridized carbons (Fsp3) is 1.00. The van der Waals surface area contributed by atoms with Crippen LogP contribution in [0.3, 0.4) is 0 Å². The minimum Gasteiger partial charge on any atom is -0.600 e. The molecule has 0 spiro atoms. The highest BCUT2D eigenvalue weighted by atomic mass is 16.5. The molecule has 72 valence electrons. The Labute approximate surface area is 73.5 Å². The first-order chi connectivity index (χ1) is 5.81. The summed E-state index contributed by atoms with van der Waals surface area (Å²) in [4.78, 5) is 0.561.